The third kappa shape index (κ3) is 8.14. The van der Waals surface area contributed by atoms with Gasteiger partial charge in [-0.1, -0.05) is 37.1 Å². The summed E-state index contributed by atoms with van der Waals surface area (Å²) in [5, 5.41) is 6.59. The Morgan fingerprint density at radius 3 is 2.68 bits per heavy atom. The SMILES string of the molecule is COc1cc2ccnc3c2cc1C=CCCCCOC(=O)N[C@H]1CCCCCC=C[C@@H]2C[C@@]2(C(=O)NS(=O)(=O)C2CC2)NC(=O)[C@@H]2C[C@H](CN2C1=O)O3. The van der Waals surface area contributed by atoms with Crippen LogP contribution in [0.15, 0.2) is 42.6 Å². The Morgan fingerprint density at radius 2 is 1.87 bits per heavy atom. The van der Waals surface area contributed by atoms with Crippen molar-refractivity contribution in [2.24, 2.45) is 5.92 Å². The molecular weight excluding hydrogens is 703 g/mol. The average Bonchev–Trinajstić information content (AvgIpc) is 4.06. The van der Waals surface area contributed by atoms with Gasteiger partial charge < -0.3 is 29.7 Å². The van der Waals surface area contributed by atoms with Crippen LogP contribution in [0.25, 0.3) is 16.8 Å². The minimum atomic E-state index is -3.88. The van der Waals surface area contributed by atoms with E-state index >= 15 is 0 Å². The largest absolute Gasteiger partial charge is 0.496 e. The Bertz CT molecular complexity index is 1930. The summed E-state index contributed by atoms with van der Waals surface area (Å²) >= 11 is 0. The Labute approximate surface area is 309 Å². The number of benzene rings is 1. The number of carbonyl (C=O) groups is 4. The predicted molar refractivity (Wildman–Crippen MR) is 195 cm³/mol. The lowest BCUT2D eigenvalue weighted by Crippen LogP contribution is -2.58. The summed E-state index contributed by atoms with van der Waals surface area (Å²) in [7, 11) is -2.28. The van der Waals surface area contributed by atoms with Crippen molar-refractivity contribution in [2.45, 2.75) is 106 Å². The van der Waals surface area contributed by atoms with Gasteiger partial charge in [0.2, 0.25) is 27.7 Å². The van der Waals surface area contributed by atoms with Crippen LogP contribution in [0.1, 0.15) is 82.6 Å². The van der Waals surface area contributed by atoms with E-state index in [-0.39, 0.29) is 26.0 Å². The highest BCUT2D eigenvalue weighted by Crippen LogP contribution is 2.46. The van der Waals surface area contributed by atoms with Gasteiger partial charge in [-0.15, -0.1) is 0 Å². The minimum absolute atomic E-state index is 0.00369. The lowest BCUT2D eigenvalue weighted by atomic mass is 10.0. The number of cyclic esters (lactones) is 1. The van der Waals surface area contributed by atoms with E-state index in [9.17, 15) is 27.6 Å². The first-order chi connectivity index (χ1) is 25.6. The summed E-state index contributed by atoms with van der Waals surface area (Å²) in [5.74, 6) is -1.28. The van der Waals surface area contributed by atoms with Gasteiger partial charge in [-0.25, -0.2) is 18.2 Å². The highest BCUT2D eigenvalue weighted by Gasteiger charge is 2.62. The molecule has 2 aliphatic carbocycles. The molecule has 4 amide bonds. The zero-order valence-corrected chi connectivity index (χ0v) is 30.7. The smallest absolute Gasteiger partial charge is 0.407 e. The second kappa shape index (κ2) is 15.4. The highest BCUT2D eigenvalue weighted by atomic mass is 32.2. The van der Waals surface area contributed by atoms with Crippen LogP contribution >= 0.6 is 0 Å². The van der Waals surface area contributed by atoms with Crippen LogP contribution in [-0.4, -0.2) is 91.4 Å². The summed E-state index contributed by atoms with van der Waals surface area (Å²) in [6.45, 7) is 0.178. The molecule has 14 nitrogen and oxygen atoms in total. The normalized spacial score (nSPS) is 28.5. The van der Waals surface area contributed by atoms with Crippen LogP contribution in [0.5, 0.6) is 11.6 Å². The Morgan fingerprint density at radius 1 is 1.06 bits per heavy atom. The third-order valence-electron chi connectivity index (χ3n) is 10.8. The van der Waals surface area contributed by atoms with Crippen molar-refractivity contribution in [1.82, 2.24) is 25.2 Å². The van der Waals surface area contributed by atoms with Gasteiger partial charge >= 0.3 is 6.09 Å². The molecule has 1 saturated heterocycles. The van der Waals surface area contributed by atoms with Crippen LogP contribution in [0.2, 0.25) is 0 Å². The predicted octanol–water partition coefficient (Wildman–Crippen LogP) is 3.89. The molecule has 5 aliphatic rings. The molecule has 3 fully saturated rings. The number of sulfonamides is 1. The van der Waals surface area contributed by atoms with E-state index in [0.29, 0.717) is 50.2 Å². The second-order valence-corrected chi connectivity index (χ2v) is 16.6. The number of fused-ring (bicyclic) bond motifs is 4. The Balaban J connectivity index is 1.23. The van der Waals surface area contributed by atoms with Crippen molar-refractivity contribution < 1.29 is 41.8 Å². The summed E-state index contributed by atoms with van der Waals surface area (Å²) in [4.78, 5) is 61.4. The van der Waals surface area contributed by atoms with Gasteiger partial charge in [0.25, 0.3) is 5.91 Å². The number of amides is 4. The first kappa shape index (κ1) is 36.7. The zero-order valence-electron chi connectivity index (χ0n) is 29.9. The van der Waals surface area contributed by atoms with Crippen LogP contribution < -0.4 is 24.8 Å². The maximum atomic E-state index is 14.4. The fourth-order valence-electron chi connectivity index (χ4n) is 7.52. The van der Waals surface area contributed by atoms with Crippen molar-refractivity contribution in [3.63, 3.8) is 0 Å². The van der Waals surface area contributed by atoms with E-state index in [4.69, 9.17) is 14.2 Å². The summed E-state index contributed by atoms with van der Waals surface area (Å²) in [6, 6.07) is 3.64. The Hall–Kier alpha value is -4.66. The van der Waals surface area contributed by atoms with E-state index in [2.05, 4.69) is 20.3 Å². The number of allylic oxidation sites excluding steroid dienone is 2. The lowest BCUT2D eigenvalue weighted by molar-refractivity contribution is -0.141. The molecule has 5 bridgehead atoms. The van der Waals surface area contributed by atoms with Crippen molar-refractivity contribution >= 4 is 50.7 Å². The fraction of sp³-hybridized carbons (Fsp3) is 0.553. The third-order valence-corrected chi connectivity index (χ3v) is 12.6. The fourth-order valence-corrected chi connectivity index (χ4v) is 8.88. The number of nitrogens with zero attached hydrogens (tertiary/aromatic N) is 2. The quantitative estimate of drug-likeness (QED) is 0.388. The van der Waals surface area contributed by atoms with Crippen LogP contribution in [0, 0.1) is 5.92 Å². The number of methoxy groups -OCH3 is 1. The molecule has 3 aliphatic heterocycles. The minimum Gasteiger partial charge on any atom is -0.496 e. The van der Waals surface area contributed by atoms with Crippen LogP contribution in [0.4, 0.5) is 4.79 Å². The van der Waals surface area contributed by atoms with Gasteiger partial charge in [0.1, 0.15) is 29.5 Å². The van der Waals surface area contributed by atoms with Gasteiger partial charge in [-0.2, -0.15) is 0 Å². The van der Waals surface area contributed by atoms with Gasteiger partial charge in [0, 0.05) is 29.5 Å². The maximum absolute atomic E-state index is 14.4. The summed E-state index contributed by atoms with van der Waals surface area (Å²) in [5.41, 5.74) is -0.668. The van der Waals surface area contributed by atoms with E-state index in [1.54, 1.807) is 13.3 Å². The summed E-state index contributed by atoms with van der Waals surface area (Å²) in [6.07, 6.45) is 14.7. The number of pyridine rings is 1. The molecule has 3 N–H and O–H groups in total. The second-order valence-electron chi connectivity index (χ2n) is 14.7. The molecular formula is C38H47N5O9S. The molecule has 1 aromatic heterocycles. The van der Waals surface area contributed by atoms with E-state index in [1.807, 2.05) is 42.5 Å². The zero-order chi connectivity index (χ0) is 37.2. The number of aromatic nitrogens is 1. The van der Waals surface area contributed by atoms with Crippen molar-refractivity contribution in [1.29, 1.82) is 0 Å². The molecule has 53 heavy (non-hydrogen) atoms. The number of rotatable bonds is 4. The number of nitrogens with one attached hydrogen (secondary N) is 3. The first-order valence-electron chi connectivity index (χ1n) is 18.7. The first-order valence-corrected chi connectivity index (χ1v) is 20.2. The molecule has 1 aromatic carbocycles. The number of alkyl carbamates (subject to hydrolysis) is 1. The number of ether oxygens (including phenoxy) is 3. The summed E-state index contributed by atoms with van der Waals surface area (Å²) < 4.78 is 45.5. The average molecular weight is 750 g/mol. The molecule has 2 saturated carbocycles. The molecule has 7 rings (SSSR count). The molecule has 15 heteroatoms. The van der Waals surface area contributed by atoms with Gasteiger partial charge in [0.05, 0.1) is 25.5 Å². The standard InChI is InChI=1S/C38H47N5O9S/c1-50-32-20-24-16-17-39-34-29(24)19-25(32)11-7-5-6-10-18-51-37(47)40-30-13-9-4-2-3-8-12-26-22-38(26,36(46)42-53(48,49)28-14-15-28)41-33(44)31-21-27(52-34)23-43(31)35(30)45/h7-8,11-12,16-17,19-20,26-28,30-31H,2-6,9-10,13-15,18,21-23H2,1H3,(H,40,47)(H,41,44)(H,42,46)/t26-,27-,30+,31+,38-/m1/s1. The number of carbonyl (C=O) groups excluding carboxylic acids is 4. The van der Waals surface area contributed by atoms with Gasteiger partial charge in [-0.05, 0) is 81.4 Å². The molecule has 4 heterocycles. The van der Waals surface area contributed by atoms with Crippen molar-refractivity contribution in [3.05, 3.63) is 48.2 Å². The van der Waals surface area contributed by atoms with Crippen molar-refractivity contribution in [2.75, 3.05) is 20.3 Å². The van der Waals surface area contributed by atoms with E-state index < -0.39 is 68.7 Å². The number of hydrogen-bond acceptors (Lipinski definition) is 10. The lowest BCUT2D eigenvalue weighted by Gasteiger charge is -2.29. The van der Waals surface area contributed by atoms with Crippen molar-refractivity contribution in [3.8, 4) is 11.6 Å². The molecule has 2 aromatic rings. The number of hydrogen-bond donors (Lipinski definition) is 3. The van der Waals surface area contributed by atoms with Crippen LogP contribution in [-0.2, 0) is 29.1 Å². The highest BCUT2D eigenvalue weighted by molar-refractivity contribution is 7.91. The molecule has 5 atom stereocenters. The van der Waals surface area contributed by atoms with E-state index in [1.165, 1.54) is 4.90 Å². The molecule has 284 valence electrons. The topological polar surface area (TPSA) is 182 Å². The van der Waals surface area contributed by atoms with Gasteiger partial charge in [0.15, 0.2) is 0 Å². The van der Waals surface area contributed by atoms with E-state index in [0.717, 1.165) is 42.0 Å². The Kier molecular flexibility index (Phi) is 10.6. The maximum Gasteiger partial charge on any atom is 0.407 e. The monoisotopic (exact) mass is 749 g/mol. The van der Waals surface area contributed by atoms with Crippen LogP contribution in [0.3, 0.4) is 0 Å². The van der Waals surface area contributed by atoms with Gasteiger partial charge in [-0.3, -0.25) is 19.1 Å². The molecule has 0 spiro atoms. The molecule has 0 unspecified atom stereocenters. The molecule has 0 radical (unpaired) electrons.